The van der Waals surface area contributed by atoms with Gasteiger partial charge in [-0.25, -0.2) is 4.39 Å². The van der Waals surface area contributed by atoms with Gasteiger partial charge in [-0.3, -0.25) is 9.69 Å². The summed E-state index contributed by atoms with van der Waals surface area (Å²) < 4.78 is 21.3. The summed E-state index contributed by atoms with van der Waals surface area (Å²) in [6.45, 7) is 0.118. The number of ether oxygens (including phenoxy) is 1. The van der Waals surface area contributed by atoms with Gasteiger partial charge in [-0.2, -0.15) is 0 Å². The third-order valence-corrected chi connectivity index (χ3v) is 6.59. The zero-order valence-electron chi connectivity index (χ0n) is 13.8. The molecule has 0 aromatic heterocycles. The summed E-state index contributed by atoms with van der Waals surface area (Å²) in [6.07, 6.45) is 7.02. The first kappa shape index (κ1) is 21.8. The Morgan fingerprint density at radius 2 is 2.11 bits per heavy atom. The number of halogens is 4. The van der Waals surface area contributed by atoms with Crippen LogP contribution in [0.4, 0.5) is 10.1 Å². The van der Waals surface area contributed by atoms with E-state index in [1.807, 2.05) is 12.1 Å². The Bertz CT molecular complexity index is 1070. The molecule has 9 heteroatoms. The van der Waals surface area contributed by atoms with Crippen molar-refractivity contribution >= 4 is 103 Å². The van der Waals surface area contributed by atoms with Crippen molar-refractivity contribution in [3.8, 4) is 18.1 Å². The number of thiocarbonyl (C=S) groups is 1. The molecule has 1 aliphatic heterocycles. The summed E-state index contributed by atoms with van der Waals surface area (Å²) in [4.78, 5) is 14.7. The molecule has 0 unspecified atom stereocenters. The van der Waals surface area contributed by atoms with Gasteiger partial charge in [0.25, 0.3) is 5.91 Å². The van der Waals surface area contributed by atoms with E-state index in [-0.39, 0.29) is 17.5 Å². The van der Waals surface area contributed by atoms with Crippen LogP contribution >= 0.6 is 80.8 Å². The molecule has 1 heterocycles. The van der Waals surface area contributed by atoms with Gasteiger partial charge in [0.1, 0.15) is 18.2 Å². The number of hydrogen-bond donors (Lipinski definition) is 0. The number of carbonyl (C=O) groups excluding carboxylic acids is 1. The molecule has 0 radical (unpaired) electrons. The van der Waals surface area contributed by atoms with Gasteiger partial charge in [0, 0.05) is 9.13 Å². The highest BCUT2D eigenvalue weighted by atomic mass is 127. The number of rotatable bonds is 4. The highest BCUT2D eigenvalue weighted by molar-refractivity contribution is 14.1. The van der Waals surface area contributed by atoms with Crippen molar-refractivity contribution < 1.29 is 13.9 Å². The first-order valence-corrected chi connectivity index (χ1v) is 11.4. The molecule has 1 aliphatic rings. The van der Waals surface area contributed by atoms with Crippen LogP contribution in [0.25, 0.3) is 6.08 Å². The van der Waals surface area contributed by atoms with E-state index in [1.165, 1.54) is 23.1 Å². The van der Waals surface area contributed by atoms with Gasteiger partial charge in [0.15, 0.2) is 4.32 Å². The van der Waals surface area contributed by atoms with Gasteiger partial charge < -0.3 is 4.74 Å². The van der Waals surface area contributed by atoms with Crippen LogP contribution in [0.3, 0.4) is 0 Å². The topological polar surface area (TPSA) is 29.5 Å². The number of nitrogens with zero attached hydrogens (tertiary/aromatic N) is 1. The van der Waals surface area contributed by atoms with Crippen molar-refractivity contribution in [3.05, 3.63) is 58.8 Å². The number of thioether (sulfide) groups is 1. The van der Waals surface area contributed by atoms with Crippen LogP contribution in [0.1, 0.15) is 5.56 Å². The Morgan fingerprint density at radius 3 is 2.79 bits per heavy atom. The molecular weight excluding hydrogens is 647 g/mol. The molecule has 0 bridgehead atoms. The van der Waals surface area contributed by atoms with Crippen molar-refractivity contribution in [2.24, 2.45) is 0 Å². The molecule has 142 valence electrons. The van der Waals surface area contributed by atoms with Crippen LogP contribution in [0.5, 0.6) is 5.75 Å². The molecule has 0 atom stereocenters. The van der Waals surface area contributed by atoms with E-state index >= 15 is 0 Å². The average molecular weight is 656 g/mol. The molecule has 0 saturated carbocycles. The van der Waals surface area contributed by atoms with Crippen molar-refractivity contribution in [1.82, 2.24) is 0 Å². The minimum Gasteiger partial charge on any atom is -0.479 e. The molecule has 3 nitrogen and oxygen atoms in total. The fraction of sp³-hybridized carbons (Fsp3) is 0.0526. The van der Waals surface area contributed by atoms with Gasteiger partial charge in [-0.1, -0.05) is 41.5 Å². The monoisotopic (exact) mass is 655 g/mol. The summed E-state index contributed by atoms with van der Waals surface area (Å²) in [5.74, 6) is 2.18. The lowest BCUT2D eigenvalue weighted by Gasteiger charge is -2.15. The van der Waals surface area contributed by atoms with Crippen LogP contribution in [0.15, 0.2) is 35.2 Å². The van der Waals surface area contributed by atoms with E-state index in [0.29, 0.717) is 20.7 Å². The van der Waals surface area contributed by atoms with Gasteiger partial charge in [0.05, 0.1) is 19.2 Å². The van der Waals surface area contributed by atoms with Crippen LogP contribution in [0.2, 0.25) is 5.02 Å². The van der Waals surface area contributed by atoms with Gasteiger partial charge in [0.2, 0.25) is 0 Å². The summed E-state index contributed by atoms with van der Waals surface area (Å²) >= 11 is 16.7. The lowest BCUT2D eigenvalue weighted by molar-refractivity contribution is -0.113. The maximum absolute atomic E-state index is 13.5. The second-order valence-electron chi connectivity index (χ2n) is 5.41. The molecule has 2 aromatic rings. The standard InChI is InChI=1S/C19H9ClFI2NO2S2/c1-2-5-26-17-10(6-11(22)8-15(17)23)7-16-18(25)24(19(27)28-16)12-3-4-14(21)13(20)9-12/h1,3-4,6-9H,5H2. The fourth-order valence-corrected chi connectivity index (χ4v) is 5.92. The molecule has 1 fully saturated rings. The highest BCUT2D eigenvalue weighted by Crippen LogP contribution is 2.39. The predicted molar refractivity (Wildman–Crippen MR) is 133 cm³/mol. The fourth-order valence-electron chi connectivity index (χ4n) is 2.41. The Balaban J connectivity index is 2.00. The van der Waals surface area contributed by atoms with E-state index in [2.05, 4.69) is 51.1 Å². The molecule has 0 aliphatic carbocycles. The number of carbonyl (C=O) groups is 1. The lowest BCUT2D eigenvalue weighted by Crippen LogP contribution is -2.27. The summed E-state index contributed by atoms with van der Waals surface area (Å²) in [6, 6.07) is 7.89. The van der Waals surface area contributed by atoms with E-state index in [1.54, 1.807) is 6.08 Å². The third-order valence-electron chi connectivity index (χ3n) is 3.58. The van der Waals surface area contributed by atoms with Crippen molar-refractivity contribution in [1.29, 1.82) is 0 Å². The van der Waals surface area contributed by atoms with E-state index in [4.69, 9.17) is 35.0 Å². The van der Waals surface area contributed by atoms with Crippen molar-refractivity contribution in [2.75, 3.05) is 11.5 Å². The zero-order chi connectivity index (χ0) is 20.4. The molecule has 1 amide bonds. The number of benzene rings is 2. The van der Waals surface area contributed by atoms with E-state index in [9.17, 15) is 9.18 Å². The maximum atomic E-state index is 13.5. The Kier molecular flexibility index (Phi) is 7.25. The number of amides is 1. The molecule has 28 heavy (non-hydrogen) atoms. The molecule has 1 saturated heterocycles. The first-order chi connectivity index (χ1) is 13.3. The smallest absolute Gasteiger partial charge is 0.270 e. The second kappa shape index (κ2) is 9.30. The molecule has 0 N–H and O–H groups in total. The van der Waals surface area contributed by atoms with Crippen molar-refractivity contribution in [3.63, 3.8) is 0 Å². The van der Waals surface area contributed by atoms with Gasteiger partial charge in [-0.05, 0) is 81.6 Å². The number of anilines is 1. The maximum Gasteiger partial charge on any atom is 0.270 e. The quantitative estimate of drug-likeness (QED) is 0.172. The average Bonchev–Trinajstić information content (AvgIpc) is 2.90. The largest absolute Gasteiger partial charge is 0.479 e. The minimum atomic E-state index is -0.560. The molecule has 3 rings (SSSR count). The Hall–Kier alpha value is -0.870. The van der Waals surface area contributed by atoms with Crippen LogP contribution < -0.4 is 9.64 Å². The predicted octanol–water partition coefficient (Wildman–Crippen LogP) is 6.11. The first-order valence-electron chi connectivity index (χ1n) is 7.60. The highest BCUT2D eigenvalue weighted by Gasteiger charge is 2.34. The second-order valence-corrected chi connectivity index (χ2v) is 9.91. The minimum absolute atomic E-state index is 0.0762. The van der Waals surface area contributed by atoms with Crippen molar-refractivity contribution in [2.45, 2.75) is 0 Å². The lowest BCUT2D eigenvalue weighted by atomic mass is 10.2. The van der Waals surface area contributed by atoms with Gasteiger partial charge in [-0.15, -0.1) is 6.42 Å². The summed E-state index contributed by atoms with van der Waals surface area (Å²) in [5, 5.41) is -0.0762. The third kappa shape index (κ3) is 4.64. The van der Waals surface area contributed by atoms with E-state index in [0.717, 1.165) is 24.5 Å². The zero-order valence-corrected chi connectivity index (χ0v) is 20.5. The molecule has 2 aromatic carbocycles. The number of hydrogen-bond acceptors (Lipinski definition) is 4. The normalized spacial score (nSPS) is 15.2. The molecule has 0 spiro atoms. The van der Waals surface area contributed by atoms with Crippen LogP contribution in [-0.4, -0.2) is 16.8 Å². The summed E-state index contributed by atoms with van der Waals surface area (Å²) in [5.41, 5.74) is 1.14. The van der Waals surface area contributed by atoms with Crippen LogP contribution in [0, 0.1) is 25.3 Å². The Morgan fingerprint density at radius 1 is 1.36 bits per heavy atom. The van der Waals surface area contributed by atoms with Gasteiger partial charge >= 0.3 is 0 Å². The number of terminal acetylenes is 1. The Labute approximate surface area is 203 Å². The SMILES string of the molecule is C#CCOc1c(I)cc(I)cc1C=C1SC(=S)N(c2ccc(F)c(Cl)c2)C1=O. The molecular formula is C19H9ClFI2NO2S2. The van der Waals surface area contributed by atoms with Crippen LogP contribution in [-0.2, 0) is 4.79 Å². The summed E-state index contributed by atoms with van der Waals surface area (Å²) in [7, 11) is 0. The van der Waals surface area contributed by atoms with E-state index < -0.39 is 5.82 Å².